The van der Waals surface area contributed by atoms with Crippen LogP contribution in [0.2, 0.25) is 5.02 Å². The zero-order chi connectivity index (χ0) is 14.8. The van der Waals surface area contributed by atoms with Crippen molar-refractivity contribution in [1.29, 1.82) is 0 Å². The Morgan fingerprint density at radius 3 is 2.70 bits per heavy atom. The van der Waals surface area contributed by atoms with E-state index >= 15 is 0 Å². The minimum Gasteiger partial charge on any atom is -0.316 e. The van der Waals surface area contributed by atoms with Crippen LogP contribution in [-0.4, -0.2) is 15.5 Å². The Morgan fingerprint density at radius 1 is 1.35 bits per heavy atom. The van der Waals surface area contributed by atoms with Gasteiger partial charge in [0.15, 0.2) is 0 Å². The molecular weight excluding hydrogens is 316 g/mol. The number of halogens is 1. The predicted octanol–water partition coefficient (Wildman–Crippen LogP) is 3.23. The first-order chi connectivity index (χ1) is 9.44. The maximum absolute atomic E-state index is 12.4. The first-order valence-corrected chi connectivity index (χ1v) is 8.73. The van der Waals surface area contributed by atoms with Crippen LogP contribution in [0.3, 0.4) is 0 Å². The molecule has 1 aromatic carbocycles. The molecule has 0 radical (unpaired) electrons. The fourth-order valence-corrected chi connectivity index (χ4v) is 4.23. The highest BCUT2D eigenvalue weighted by Gasteiger charge is 2.20. The van der Waals surface area contributed by atoms with Gasteiger partial charge in [0.2, 0.25) is 0 Å². The van der Waals surface area contributed by atoms with Crippen molar-refractivity contribution < 1.29 is 8.42 Å². The van der Waals surface area contributed by atoms with Gasteiger partial charge in [0.05, 0.1) is 10.6 Å². The summed E-state index contributed by atoms with van der Waals surface area (Å²) >= 11 is 7.46. The summed E-state index contributed by atoms with van der Waals surface area (Å²) in [6, 6.07) is 4.97. The summed E-state index contributed by atoms with van der Waals surface area (Å²) in [5.41, 5.74) is 2.13. The SMILES string of the molecule is CNCc1cc(Cl)cc(S(=O)(=O)Nc2ccsc2)c1C. The summed E-state index contributed by atoms with van der Waals surface area (Å²) in [7, 11) is -1.83. The molecule has 20 heavy (non-hydrogen) atoms. The van der Waals surface area contributed by atoms with Crippen LogP contribution in [0.15, 0.2) is 33.9 Å². The standard InChI is InChI=1S/C13H15ClN2O2S2/c1-9-10(7-15-2)5-11(14)6-13(9)20(17,18)16-12-3-4-19-8-12/h3-6,8,15-16H,7H2,1-2H3. The van der Waals surface area contributed by atoms with Crippen LogP contribution < -0.4 is 10.0 Å². The maximum atomic E-state index is 12.4. The third kappa shape index (κ3) is 3.32. The quantitative estimate of drug-likeness (QED) is 0.885. The van der Waals surface area contributed by atoms with Crippen LogP contribution in [0.25, 0.3) is 0 Å². The number of hydrogen-bond donors (Lipinski definition) is 2. The smallest absolute Gasteiger partial charge is 0.262 e. The van der Waals surface area contributed by atoms with E-state index in [1.165, 1.54) is 17.4 Å². The third-order valence-corrected chi connectivity index (χ3v) is 5.27. The van der Waals surface area contributed by atoms with E-state index in [2.05, 4.69) is 10.0 Å². The Labute approximate surface area is 127 Å². The normalized spacial score (nSPS) is 11.6. The van der Waals surface area contributed by atoms with E-state index in [4.69, 9.17) is 11.6 Å². The van der Waals surface area contributed by atoms with Crippen molar-refractivity contribution in [3.8, 4) is 0 Å². The van der Waals surface area contributed by atoms with E-state index in [9.17, 15) is 8.42 Å². The van der Waals surface area contributed by atoms with Crippen LogP contribution in [0.4, 0.5) is 5.69 Å². The summed E-state index contributed by atoms with van der Waals surface area (Å²) in [5.74, 6) is 0. The molecule has 0 atom stereocenters. The molecule has 0 unspecified atom stereocenters. The molecule has 1 heterocycles. The van der Waals surface area contributed by atoms with Crippen LogP contribution in [0.5, 0.6) is 0 Å². The van der Waals surface area contributed by atoms with Crippen LogP contribution in [0.1, 0.15) is 11.1 Å². The van der Waals surface area contributed by atoms with Gasteiger partial charge in [-0.3, -0.25) is 4.72 Å². The second-order valence-corrected chi connectivity index (χ2v) is 7.20. The Bertz CT molecular complexity index is 697. The number of hydrogen-bond acceptors (Lipinski definition) is 4. The Hall–Kier alpha value is -1.08. The number of sulfonamides is 1. The molecule has 0 amide bonds. The third-order valence-electron chi connectivity index (χ3n) is 2.86. The number of benzene rings is 1. The zero-order valence-corrected chi connectivity index (χ0v) is 13.5. The molecule has 0 aliphatic rings. The Balaban J connectivity index is 2.45. The van der Waals surface area contributed by atoms with Gasteiger partial charge in [0, 0.05) is 16.9 Å². The Morgan fingerprint density at radius 2 is 2.10 bits per heavy atom. The van der Waals surface area contributed by atoms with Crippen molar-refractivity contribution in [2.45, 2.75) is 18.4 Å². The molecule has 4 nitrogen and oxygen atoms in total. The molecule has 2 rings (SSSR count). The van der Waals surface area contributed by atoms with Gasteiger partial charge in [0.1, 0.15) is 0 Å². The molecule has 0 fully saturated rings. The summed E-state index contributed by atoms with van der Waals surface area (Å²) in [6.07, 6.45) is 0. The van der Waals surface area contributed by atoms with Gasteiger partial charge >= 0.3 is 0 Å². The van der Waals surface area contributed by atoms with E-state index in [-0.39, 0.29) is 4.90 Å². The van der Waals surface area contributed by atoms with Gasteiger partial charge in [-0.1, -0.05) is 11.6 Å². The lowest BCUT2D eigenvalue weighted by Gasteiger charge is -2.13. The molecule has 2 N–H and O–H groups in total. The molecule has 0 saturated heterocycles. The first kappa shape index (κ1) is 15.3. The van der Waals surface area contributed by atoms with Crippen LogP contribution in [-0.2, 0) is 16.6 Å². The predicted molar refractivity (Wildman–Crippen MR) is 84.1 cm³/mol. The van der Waals surface area contributed by atoms with Gasteiger partial charge in [-0.25, -0.2) is 8.42 Å². The Kier molecular flexibility index (Phi) is 4.70. The van der Waals surface area contributed by atoms with E-state index in [1.807, 2.05) is 5.38 Å². The van der Waals surface area contributed by atoms with Crippen LogP contribution >= 0.6 is 22.9 Å². The fraction of sp³-hybridized carbons (Fsp3) is 0.231. The highest BCUT2D eigenvalue weighted by molar-refractivity contribution is 7.92. The topological polar surface area (TPSA) is 58.2 Å². The van der Waals surface area contributed by atoms with Crippen molar-refractivity contribution in [3.63, 3.8) is 0 Å². The first-order valence-electron chi connectivity index (χ1n) is 5.92. The zero-order valence-electron chi connectivity index (χ0n) is 11.1. The number of rotatable bonds is 5. The van der Waals surface area contributed by atoms with E-state index in [0.29, 0.717) is 22.8 Å². The molecule has 1 aromatic heterocycles. The molecular formula is C13H15ClN2O2S2. The van der Waals surface area contributed by atoms with Crippen molar-refractivity contribution in [2.24, 2.45) is 0 Å². The lowest BCUT2D eigenvalue weighted by Crippen LogP contribution is -2.16. The summed E-state index contributed by atoms with van der Waals surface area (Å²) in [6.45, 7) is 2.35. The second-order valence-electron chi connectivity index (χ2n) is 4.34. The molecule has 0 aliphatic heterocycles. The van der Waals surface area contributed by atoms with Crippen molar-refractivity contribution in [2.75, 3.05) is 11.8 Å². The summed E-state index contributed by atoms with van der Waals surface area (Å²) < 4.78 is 27.4. The number of thiophene rings is 1. The summed E-state index contributed by atoms with van der Waals surface area (Å²) in [4.78, 5) is 0.210. The fourth-order valence-electron chi connectivity index (χ4n) is 1.89. The highest BCUT2D eigenvalue weighted by Crippen LogP contribution is 2.26. The largest absolute Gasteiger partial charge is 0.316 e. The number of nitrogens with one attached hydrogen (secondary N) is 2. The van der Waals surface area contributed by atoms with Gasteiger partial charge in [0.25, 0.3) is 10.0 Å². The highest BCUT2D eigenvalue weighted by atomic mass is 35.5. The van der Waals surface area contributed by atoms with Gasteiger partial charge in [-0.05, 0) is 48.7 Å². The molecule has 7 heteroatoms. The average Bonchev–Trinajstić information content (AvgIpc) is 2.85. The van der Waals surface area contributed by atoms with Gasteiger partial charge in [-0.2, -0.15) is 11.3 Å². The van der Waals surface area contributed by atoms with Crippen molar-refractivity contribution in [3.05, 3.63) is 45.1 Å². The molecule has 0 bridgehead atoms. The van der Waals surface area contributed by atoms with E-state index < -0.39 is 10.0 Å². The lowest BCUT2D eigenvalue weighted by molar-refractivity contribution is 0.600. The maximum Gasteiger partial charge on any atom is 0.262 e. The van der Waals surface area contributed by atoms with Gasteiger partial charge < -0.3 is 5.32 Å². The molecule has 0 aliphatic carbocycles. The molecule has 0 spiro atoms. The van der Waals surface area contributed by atoms with Crippen molar-refractivity contribution in [1.82, 2.24) is 5.32 Å². The number of anilines is 1. The van der Waals surface area contributed by atoms with Crippen LogP contribution in [0, 0.1) is 6.92 Å². The lowest BCUT2D eigenvalue weighted by atomic mass is 10.1. The van der Waals surface area contributed by atoms with E-state index in [0.717, 1.165) is 5.56 Å². The van der Waals surface area contributed by atoms with E-state index in [1.54, 1.807) is 31.5 Å². The monoisotopic (exact) mass is 330 g/mol. The molecule has 0 saturated carbocycles. The van der Waals surface area contributed by atoms with Crippen molar-refractivity contribution >= 4 is 38.6 Å². The van der Waals surface area contributed by atoms with Gasteiger partial charge in [-0.15, -0.1) is 0 Å². The minimum absolute atomic E-state index is 0.210. The molecule has 2 aromatic rings. The average molecular weight is 331 g/mol. The molecule has 108 valence electrons. The summed E-state index contributed by atoms with van der Waals surface area (Å²) in [5, 5.41) is 6.97. The second kappa shape index (κ2) is 6.13. The minimum atomic E-state index is -3.63.